The molecule has 0 aromatic carbocycles. The standard InChI is InChI=1S/C39H81N2O6P/c1-6-8-10-12-14-16-17-18-19-20-21-22-23-24-25-26-28-30-32-38(42)37(36-47-48(44,45)46-35-34-41(3,4)5)40-39(43)33-31-29-27-15-13-11-9-7-2/h37-38,42H,6-36H2,1-5H3,(H-,40,43,44,45). The molecular formula is C39H81N2O6P. The molecule has 0 heterocycles. The van der Waals surface area contributed by atoms with E-state index in [0.29, 0.717) is 23.9 Å². The fourth-order valence-corrected chi connectivity index (χ4v) is 6.76. The number of rotatable bonds is 37. The van der Waals surface area contributed by atoms with Crippen molar-refractivity contribution in [1.29, 1.82) is 0 Å². The van der Waals surface area contributed by atoms with Crippen molar-refractivity contribution in [2.45, 2.75) is 206 Å². The van der Waals surface area contributed by atoms with Crippen molar-refractivity contribution >= 4 is 13.7 Å². The van der Waals surface area contributed by atoms with Gasteiger partial charge in [-0.2, -0.15) is 0 Å². The minimum atomic E-state index is -4.55. The van der Waals surface area contributed by atoms with Gasteiger partial charge < -0.3 is 28.8 Å². The number of amides is 1. The van der Waals surface area contributed by atoms with Gasteiger partial charge in [0.2, 0.25) is 5.91 Å². The molecule has 0 bridgehead atoms. The summed E-state index contributed by atoms with van der Waals surface area (Å²) in [7, 11) is 1.31. The predicted octanol–water partition coefficient (Wildman–Crippen LogP) is 10.0. The molecule has 288 valence electrons. The van der Waals surface area contributed by atoms with Crippen LogP contribution in [0.25, 0.3) is 0 Å². The summed E-state index contributed by atoms with van der Waals surface area (Å²) in [6.07, 6.45) is 32.5. The number of nitrogens with zero attached hydrogens (tertiary/aromatic N) is 1. The molecular weight excluding hydrogens is 623 g/mol. The topological polar surface area (TPSA) is 108 Å². The number of hydrogen-bond acceptors (Lipinski definition) is 6. The van der Waals surface area contributed by atoms with Gasteiger partial charge in [0.1, 0.15) is 13.2 Å². The molecule has 48 heavy (non-hydrogen) atoms. The fraction of sp³-hybridized carbons (Fsp3) is 0.974. The Morgan fingerprint density at radius 3 is 1.42 bits per heavy atom. The van der Waals surface area contributed by atoms with Crippen LogP contribution in [0, 0.1) is 0 Å². The van der Waals surface area contributed by atoms with Gasteiger partial charge in [0.15, 0.2) is 0 Å². The predicted molar refractivity (Wildman–Crippen MR) is 201 cm³/mol. The summed E-state index contributed by atoms with van der Waals surface area (Å²) < 4.78 is 23.1. The fourth-order valence-electron chi connectivity index (χ4n) is 6.04. The lowest BCUT2D eigenvalue weighted by atomic mass is 10.0. The first-order valence-corrected chi connectivity index (χ1v) is 21.8. The van der Waals surface area contributed by atoms with E-state index in [1.165, 1.54) is 128 Å². The van der Waals surface area contributed by atoms with Crippen molar-refractivity contribution in [1.82, 2.24) is 5.32 Å². The van der Waals surface area contributed by atoms with Crippen LogP contribution < -0.4 is 10.2 Å². The van der Waals surface area contributed by atoms with E-state index in [9.17, 15) is 19.4 Å². The lowest BCUT2D eigenvalue weighted by Crippen LogP contribution is -2.46. The van der Waals surface area contributed by atoms with Crippen molar-refractivity contribution < 1.29 is 32.9 Å². The third-order valence-electron chi connectivity index (χ3n) is 9.35. The third kappa shape index (κ3) is 34.0. The SMILES string of the molecule is CCCCCCCCCCCCCCCCCCCCC(O)C(COP(=O)([O-])OCC[N+](C)(C)C)NC(=O)CCCCCCCCCC. The van der Waals surface area contributed by atoms with Gasteiger partial charge in [0.25, 0.3) is 7.82 Å². The zero-order chi connectivity index (χ0) is 35.8. The van der Waals surface area contributed by atoms with Gasteiger partial charge in [-0.05, 0) is 12.8 Å². The van der Waals surface area contributed by atoms with Crippen LogP contribution >= 0.6 is 7.82 Å². The highest BCUT2D eigenvalue weighted by molar-refractivity contribution is 7.45. The lowest BCUT2D eigenvalue weighted by Gasteiger charge is -2.30. The maximum absolute atomic E-state index is 12.7. The molecule has 9 heteroatoms. The van der Waals surface area contributed by atoms with Gasteiger partial charge in [-0.1, -0.05) is 174 Å². The number of nitrogens with one attached hydrogen (secondary N) is 1. The Kier molecular flexibility index (Phi) is 32.1. The Balaban J connectivity index is 4.29. The number of phosphoric acid groups is 1. The quantitative estimate of drug-likeness (QED) is 0.0379. The minimum Gasteiger partial charge on any atom is -0.756 e. The summed E-state index contributed by atoms with van der Waals surface area (Å²) in [4.78, 5) is 25.1. The zero-order valence-corrected chi connectivity index (χ0v) is 33.4. The normalized spacial score (nSPS) is 14.6. The van der Waals surface area contributed by atoms with E-state index in [1.807, 2.05) is 21.1 Å². The van der Waals surface area contributed by atoms with Crippen LogP contribution in [-0.2, 0) is 18.4 Å². The number of aliphatic hydroxyl groups excluding tert-OH is 1. The Morgan fingerprint density at radius 1 is 0.646 bits per heavy atom. The van der Waals surface area contributed by atoms with Crippen molar-refractivity contribution in [3.8, 4) is 0 Å². The summed E-state index contributed by atoms with van der Waals surface area (Å²) in [6.45, 7) is 4.69. The highest BCUT2D eigenvalue weighted by Crippen LogP contribution is 2.38. The number of aliphatic hydroxyl groups is 1. The number of quaternary nitrogens is 1. The van der Waals surface area contributed by atoms with Gasteiger partial charge in [-0.3, -0.25) is 9.36 Å². The number of unbranched alkanes of at least 4 members (excludes halogenated alkanes) is 24. The number of hydrogen-bond donors (Lipinski definition) is 2. The molecule has 0 rings (SSSR count). The molecule has 2 N–H and O–H groups in total. The van der Waals surface area contributed by atoms with Crippen molar-refractivity contribution in [2.75, 3.05) is 40.9 Å². The highest BCUT2D eigenvalue weighted by atomic mass is 31.2. The molecule has 0 aromatic rings. The van der Waals surface area contributed by atoms with Crippen LogP contribution in [0.1, 0.15) is 194 Å². The molecule has 3 unspecified atom stereocenters. The Labute approximate surface area is 298 Å². The summed E-state index contributed by atoms with van der Waals surface area (Å²) in [6, 6.07) is -0.790. The Hall–Kier alpha value is -0.500. The van der Waals surface area contributed by atoms with E-state index in [4.69, 9.17) is 9.05 Å². The van der Waals surface area contributed by atoms with Crippen molar-refractivity contribution in [2.24, 2.45) is 0 Å². The van der Waals surface area contributed by atoms with E-state index in [-0.39, 0.29) is 19.1 Å². The number of likely N-dealkylation sites (N-methyl/N-ethyl adjacent to an activating group) is 1. The second-order valence-corrected chi connectivity index (χ2v) is 16.8. The highest BCUT2D eigenvalue weighted by Gasteiger charge is 2.24. The van der Waals surface area contributed by atoms with E-state index in [2.05, 4.69) is 19.2 Å². The number of carbonyl (C=O) groups excluding carboxylic acids is 1. The Morgan fingerprint density at radius 2 is 1.02 bits per heavy atom. The van der Waals surface area contributed by atoms with Gasteiger partial charge in [0.05, 0.1) is 39.9 Å². The number of phosphoric ester groups is 1. The summed E-state index contributed by atoms with van der Waals surface area (Å²) in [5.74, 6) is -0.168. The van der Waals surface area contributed by atoms with Crippen molar-refractivity contribution in [3.05, 3.63) is 0 Å². The molecule has 3 atom stereocenters. The van der Waals surface area contributed by atoms with Crippen LogP contribution in [-0.4, -0.2) is 68.5 Å². The summed E-state index contributed by atoms with van der Waals surface area (Å²) in [5, 5.41) is 13.8. The third-order valence-corrected chi connectivity index (χ3v) is 10.3. The summed E-state index contributed by atoms with van der Waals surface area (Å²) >= 11 is 0. The molecule has 0 aliphatic rings. The molecule has 1 amide bonds. The zero-order valence-electron chi connectivity index (χ0n) is 32.5. The van der Waals surface area contributed by atoms with Gasteiger partial charge >= 0.3 is 0 Å². The van der Waals surface area contributed by atoms with E-state index in [0.717, 1.165) is 38.5 Å². The molecule has 0 aliphatic carbocycles. The van der Waals surface area contributed by atoms with Crippen LogP contribution in [0.5, 0.6) is 0 Å². The van der Waals surface area contributed by atoms with E-state index >= 15 is 0 Å². The van der Waals surface area contributed by atoms with Gasteiger partial charge in [-0.25, -0.2) is 0 Å². The van der Waals surface area contributed by atoms with Crippen LogP contribution in [0.3, 0.4) is 0 Å². The second kappa shape index (κ2) is 32.4. The van der Waals surface area contributed by atoms with Crippen molar-refractivity contribution in [3.63, 3.8) is 0 Å². The molecule has 8 nitrogen and oxygen atoms in total. The van der Waals surface area contributed by atoms with Crippen LogP contribution in [0.15, 0.2) is 0 Å². The summed E-state index contributed by atoms with van der Waals surface area (Å²) in [5.41, 5.74) is 0. The first-order chi connectivity index (χ1) is 23.0. The Bertz CT molecular complexity index is 763. The van der Waals surface area contributed by atoms with E-state index in [1.54, 1.807) is 0 Å². The molecule has 0 radical (unpaired) electrons. The molecule has 0 aliphatic heterocycles. The molecule has 0 saturated heterocycles. The maximum atomic E-state index is 12.7. The van der Waals surface area contributed by atoms with Gasteiger partial charge in [-0.15, -0.1) is 0 Å². The van der Waals surface area contributed by atoms with Crippen LogP contribution in [0.4, 0.5) is 0 Å². The molecule has 0 saturated carbocycles. The molecule has 0 fully saturated rings. The molecule has 0 spiro atoms. The monoisotopic (exact) mass is 705 g/mol. The van der Waals surface area contributed by atoms with Crippen LogP contribution in [0.2, 0.25) is 0 Å². The molecule has 0 aromatic heterocycles. The van der Waals surface area contributed by atoms with E-state index < -0.39 is 20.0 Å². The maximum Gasteiger partial charge on any atom is 0.268 e. The average molecular weight is 705 g/mol. The van der Waals surface area contributed by atoms with Gasteiger partial charge in [0, 0.05) is 6.42 Å². The second-order valence-electron chi connectivity index (χ2n) is 15.4. The lowest BCUT2D eigenvalue weighted by molar-refractivity contribution is -0.870. The first-order valence-electron chi connectivity index (χ1n) is 20.4. The smallest absolute Gasteiger partial charge is 0.268 e. The minimum absolute atomic E-state index is 0.0155. The largest absolute Gasteiger partial charge is 0.756 e. The number of carbonyl (C=O) groups is 1. The average Bonchev–Trinajstić information content (AvgIpc) is 3.02. The first kappa shape index (κ1) is 47.5.